The maximum Gasteiger partial charge on any atom is 0.317 e. The van der Waals surface area contributed by atoms with Gasteiger partial charge in [-0.25, -0.2) is 4.79 Å². The average molecular weight is 270 g/mol. The molecule has 0 aromatic carbocycles. The fourth-order valence-corrected chi connectivity index (χ4v) is 2.42. The van der Waals surface area contributed by atoms with Crippen LogP contribution in [0.5, 0.6) is 0 Å². The molecule has 0 bridgehead atoms. The maximum atomic E-state index is 12.1. The normalized spacial score (nSPS) is 31.8. The van der Waals surface area contributed by atoms with Gasteiger partial charge in [0.25, 0.3) is 0 Å². The third kappa shape index (κ3) is 2.68. The lowest BCUT2D eigenvalue weighted by atomic mass is 9.85. The van der Waals surface area contributed by atoms with Crippen molar-refractivity contribution < 1.29 is 19.4 Å². The van der Waals surface area contributed by atoms with Crippen LogP contribution in [0.4, 0.5) is 4.79 Å². The van der Waals surface area contributed by atoms with Crippen molar-refractivity contribution in [3.63, 3.8) is 0 Å². The number of nitrogens with one attached hydrogen (secondary N) is 1. The van der Waals surface area contributed by atoms with Crippen molar-refractivity contribution in [2.24, 2.45) is 11.3 Å². The van der Waals surface area contributed by atoms with Crippen LogP contribution >= 0.6 is 0 Å². The van der Waals surface area contributed by atoms with E-state index in [1.54, 1.807) is 18.9 Å². The van der Waals surface area contributed by atoms with Crippen molar-refractivity contribution in [2.45, 2.75) is 38.8 Å². The highest BCUT2D eigenvalue weighted by molar-refractivity contribution is 5.79. The molecule has 2 aliphatic rings. The number of urea groups is 1. The van der Waals surface area contributed by atoms with Gasteiger partial charge in [0.05, 0.1) is 19.3 Å². The molecule has 0 spiro atoms. The van der Waals surface area contributed by atoms with Crippen molar-refractivity contribution in [1.29, 1.82) is 0 Å². The number of carbonyl (C=O) groups is 2. The van der Waals surface area contributed by atoms with E-state index in [0.717, 1.165) is 12.8 Å². The second-order valence-electron chi connectivity index (χ2n) is 5.93. The van der Waals surface area contributed by atoms with Crippen LogP contribution in [0.15, 0.2) is 0 Å². The van der Waals surface area contributed by atoms with E-state index in [0.29, 0.717) is 5.92 Å². The molecule has 2 amide bonds. The van der Waals surface area contributed by atoms with E-state index < -0.39 is 17.4 Å². The van der Waals surface area contributed by atoms with Crippen LogP contribution in [0.25, 0.3) is 0 Å². The third-order valence-corrected chi connectivity index (χ3v) is 4.48. The van der Waals surface area contributed by atoms with Crippen LogP contribution in [-0.2, 0) is 9.53 Å². The van der Waals surface area contributed by atoms with Crippen LogP contribution in [0, 0.1) is 11.3 Å². The Morgan fingerprint density at radius 1 is 1.47 bits per heavy atom. The SMILES string of the molecule is CC(C1CC1)N(C)C(=O)NC1COCC1(C)C(=O)O. The predicted octanol–water partition coefficient (Wildman–Crippen LogP) is 0.916. The van der Waals surface area contributed by atoms with E-state index in [2.05, 4.69) is 5.32 Å². The summed E-state index contributed by atoms with van der Waals surface area (Å²) in [5.74, 6) is -0.352. The molecular formula is C13H22N2O4. The van der Waals surface area contributed by atoms with Crippen LogP contribution < -0.4 is 5.32 Å². The van der Waals surface area contributed by atoms with Gasteiger partial charge in [-0.05, 0) is 32.6 Å². The van der Waals surface area contributed by atoms with Crippen molar-refractivity contribution in [2.75, 3.05) is 20.3 Å². The number of rotatable bonds is 4. The molecule has 0 radical (unpaired) electrons. The van der Waals surface area contributed by atoms with Crippen LogP contribution in [0.2, 0.25) is 0 Å². The topological polar surface area (TPSA) is 78.9 Å². The largest absolute Gasteiger partial charge is 0.481 e. The zero-order valence-corrected chi connectivity index (χ0v) is 11.7. The summed E-state index contributed by atoms with van der Waals surface area (Å²) in [5.41, 5.74) is -1.04. The summed E-state index contributed by atoms with van der Waals surface area (Å²) in [7, 11) is 1.76. The quantitative estimate of drug-likeness (QED) is 0.796. The lowest BCUT2D eigenvalue weighted by Crippen LogP contribution is -2.54. The van der Waals surface area contributed by atoms with Gasteiger partial charge in [0, 0.05) is 13.1 Å². The smallest absolute Gasteiger partial charge is 0.317 e. The van der Waals surface area contributed by atoms with Crippen molar-refractivity contribution >= 4 is 12.0 Å². The number of hydrogen-bond acceptors (Lipinski definition) is 3. The summed E-state index contributed by atoms with van der Waals surface area (Å²) in [4.78, 5) is 25.1. The number of nitrogens with zero attached hydrogens (tertiary/aromatic N) is 1. The molecule has 1 aliphatic heterocycles. The van der Waals surface area contributed by atoms with Gasteiger partial charge in [-0.1, -0.05) is 0 Å². The van der Waals surface area contributed by atoms with Crippen LogP contribution in [-0.4, -0.2) is 54.4 Å². The Hall–Kier alpha value is -1.30. The molecule has 1 heterocycles. The lowest BCUT2D eigenvalue weighted by Gasteiger charge is -2.30. The fourth-order valence-electron chi connectivity index (χ4n) is 2.42. The Bertz CT molecular complexity index is 383. The van der Waals surface area contributed by atoms with E-state index in [-0.39, 0.29) is 25.3 Å². The number of amides is 2. The molecule has 2 N–H and O–H groups in total. The van der Waals surface area contributed by atoms with Crippen LogP contribution in [0.1, 0.15) is 26.7 Å². The summed E-state index contributed by atoms with van der Waals surface area (Å²) in [5, 5.41) is 12.1. The molecule has 108 valence electrons. The van der Waals surface area contributed by atoms with Crippen LogP contribution in [0.3, 0.4) is 0 Å². The van der Waals surface area contributed by atoms with E-state index in [1.807, 2.05) is 6.92 Å². The van der Waals surface area contributed by atoms with E-state index in [1.165, 1.54) is 0 Å². The first-order valence-electron chi connectivity index (χ1n) is 6.70. The predicted molar refractivity (Wildman–Crippen MR) is 68.8 cm³/mol. The Kier molecular flexibility index (Phi) is 3.71. The molecular weight excluding hydrogens is 248 g/mol. The zero-order valence-electron chi connectivity index (χ0n) is 11.7. The molecule has 3 unspecified atom stereocenters. The maximum absolute atomic E-state index is 12.1. The second kappa shape index (κ2) is 5.00. The summed E-state index contributed by atoms with van der Waals surface area (Å²) < 4.78 is 5.22. The molecule has 2 rings (SSSR count). The number of ether oxygens (including phenoxy) is 1. The van der Waals surface area contributed by atoms with Gasteiger partial charge in [-0.3, -0.25) is 4.79 Å². The molecule has 0 aromatic rings. The van der Waals surface area contributed by atoms with E-state index in [9.17, 15) is 14.7 Å². The van der Waals surface area contributed by atoms with Gasteiger partial charge < -0.3 is 20.1 Å². The molecule has 1 saturated heterocycles. The van der Waals surface area contributed by atoms with Gasteiger partial charge in [-0.15, -0.1) is 0 Å². The molecule has 2 fully saturated rings. The van der Waals surface area contributed by atoms with E-state index >= 15 is 0 Å². The second-order valence-corrected chi connectivity index (χ2v) is 5.93. The minimum atomic E-state index is -1.04. The Morgan fingerprint density at radius 2 is 2.11 bits per heavy atom. The monoisotopic (exact) mass is 270 g/mol. The highest BCUT2D eigenvalue weighted by Gasteiger charge is 2.48. The number of hydrogen-bond donors (Lipinski definition) is 2. The fraction of sp³-hybridized carbons (Fsp3) is 0.846. The number of aliphatic carboxylic acids is 1. The minimum Gasteiger partial charge on any atom is -0.481 e. The highest BCUT2D eigenvalue weighted by atomic mass is 16.5. The average Bonchev–Trinajstić information content (AvgIpc) is 3.14. The summed E-state index contributed by atoms with van der Waals surface area (Å²) in [6.45, 7) is 4.02. The zero-order chi connectivity index (χ0) is 14.2. The summed E-state index contributed by atoms with van der Waals surface area (Å²) >= 11 is 0. The lowest BCUT2D eigenvalue weighted by molar-refractivity contribution is -0.148. The molecule has 1 aliphatic carbocycles. The van der Waals surface area contributed by atoms with Gasteiger partial charge in [0.1, 0.15) is 5.41 Å². The number of carboxylic acids is 1. The molecule has 19 heavy (non-hydrogen) atoms. The Balaban J connectivity index is 1.96. The first-order chi connectivity index (χ1) is 8.86. The molecule has 6 heteroatoms. The van der Waals surface area contributed by atoms with Gasteiger partial charge in [0.2, 0.25) is 0 Å². The molecule has 0 aromatic heterocycles. The van der Waals surface area contributed by atoms with Crippen molar-refractivity contribution in [1.82, 2.24) is 10.2 Å². The highest BCUT2D eigenvalue weighted by Crippen LogP contribution is 2.35. The van der Waals surface area contributed by atoms with Crippen molar-refractivity contribution in [3.05, 3.63) is 0 Å². The molecule has 3 atom stereocenters. The number of carbonyl (C=O) groups excluding carboxylic acids is 1. The van der Waals surface area contributed by atoms with Gasteiger partial charge in [-0.2, -0.15) is 0 Å². The van der Waals surface area contributed by atoms with Gasteiger partial charge in [0.15, 0.2) is 0 Å². The molecule has 6 nitrogen and oxygen atoms in total. The summed E-state index contributed by atoms with van der Waals surface area (Å²) in [6, 6.07) is -0.507. The van der Waals surface area contributed by atoms with Crippen molar-refractivity contribution in [3.8, 4) is 0 Å². The summed E-state index contributed by atoms with van der Waals surface area (Å²) in [6.07, 6.45) is 2.33. The standard InChI is InChI=1S/C13H22N2O4/c1-8(9-4-5-9)15(3)12(18)14-10-6-19-7-13(10,2)11(16)17/h8-10H,4-7H2,1-3H3,(H,14,18)(H,16,17). The Labute approximate surface area is 113 Å². The third-order valence-electron chi connectivity index (χ3n) is 4.48. The first-order valence-corrected chi connectivity index (χ1v) is 6.70. The van der Waals surface area contributed by atoms with Gasteiger partial charge >= 0.3 is 12.0 Å². The number of carboxylic acid groups (broad SMARTS) is 1. The minimum absolute atomic E-state index is 0.134. The Morgan fingerprint density at radius 3 is 2.63 bits per heavy atom. The van der Waals surface area contributed by atoms with E-state index in [4.69, 9.17) is 4.74 Å². The molecule has 1 saturated carbocycles. The first kappa shape index (κ1) is 14.1.